The predicted molar refractivity (Wildman–Crippen MR) is 68.2 cm³/mol. The average molecular weight is 296 g/mol. The number of alkyl halides is 2. The lowest BCUT2D eigenvalue weighted by atomic mass is 10.2. The molecule has 0 aliphatic heterocycles. The van der Waals surface area contributed by atoms with Crippen LogP contribution in [0, 0.1) is 6.92 Å². The highest BCUT2D eigenvalue weighted by molar-refractivity contribution is 5.85. The van der Waals surface area contributed by atoms with Crippen molar-refractivity contribution in [3.63, 3.8) is 0 Å². The molecule has 1 heterocycles. The van der Waals surface area contributed by atoms with Crippen LogP contribution in [0.3, 0.4) is 0 Å². The van der Waals surface area contributed by atoms with Gasteiger partial charge in [-0.05, 0) is 19.1 Å². The molecular weight excluding hydrogens is 286 g/mol. The molecule has 1 N–H and O–H groups in total. The van der Waals surface area contributed by atoms with Gasteiger partial charge in [-0.25, -0.2) is 9.48 Å². The van der Waals surface area contributed by atoms with Crippen molar-refractivity contribution in [2.45, 2.75) is 13.5 Å². The maximum absolute atomic E-state index is 12.4. The predicted octanol–water partition coefficient (Wildman–Crippen LogP) is 1.84. The van der Waals surface area contributed by atoms with Gasteiger partial charge < -0.3 is 9.84 Å². The number of halogens is 2. The quantitative estimate of drug-likeness (QED) is 0.931. The van der Waals surface area contributed by atoms with Gasteiger partial charge >= 0.3 is 12.6 Å². The molecule has 1 aromatic heterocycles. The molecule has 21 heavy (non-hydrogen) atoms. The Morgan fingerprint density at radius 3 is 2.67 bits per heavy atom. The molecule has 0 spiro atoms. The number of nitrogens with zero attached hydrogens (tertiary/aromatic N) is 2. The van der Waals surface area contributed by atoms with Crippen LogP contribution < -0.4 is 10.2 Å². The molecule has 0 fully saturated rings. The minimum atomic E-state index is -3.04. The number of aryl methyl sites for hydroxylation is 1. The first-order valence-corrected chi connectivity index (χ1v) is 5.78. The van der Waals surface area contributed by atoms with Crippen molar-refractivity contribution in [2.24, 2.45) is 0 Å². The van der Waals surface area contributed by atoms with E-state index in [2.05, 4.69) is 9.84 Å². The smallest absolute Gasteiger partial charge is 0.387 e. The van der Waals surface area contributed by atoms with Crippen LogP contribution in [0.15, 0.2) is 35.3 Å². The van der Waals surface area contributed by atoms with Crippen LogP contribution in [-0.2, 0) is 0 Å². The number of hydrogen-bond donors (Lipinski definition) is 1. The fraction of sp³-hybridized carbons (Fsp3) is 0.154. The van der Waals surface area contributed by atoms with Crippen molar-refractivity contribution in [2.75, 3.05) is 0 Å². The summed E-state index contributed by atoms with van der Waals surface area (Å²) in [6.07, 6.45) is 1.25. The maximum atomic E-state index is 12.4. The summed E-state index contributed by atoms with van der Waals surface area (Å²) < 4.78 is 30.1. The van der Waals surface area contributed by atoms with E-state index in [1.165, 1.54) is 31.3 Å². The van der Waals surface area contributed by atoms with E-state index in [1.54, 1.807) is 6.07 Å². The SMILES string of the molecule is Cc1cn(-c2ccccc2OC(F)F)nc(C(=O)O)c1=O. The third-order valence-electron chi connectivity index (χ3n) is 2.63. The number of para-hydroxylation sites is 2. The number of benzene rings is 1. The number of aromatic nitrogens is 2. The van der Waals surface area contributed by atoms with E-state index in [4.69, 9.17) is 5.11 Å². The number of ether oxygens (including phenoxy) is 1. The van der Waals surface area contributed by atoms with E-state index in [1.807, 2.05) is 0 Å². The summed E-state index contributed by atoms with van der Waals surface area (Å²) in [7, 11) is 0. The second-order valence-electron chi connectivity index (χ2n) is 4.09. The topological polar surface area (TPSA) is 81.4 Å². The van der Waals surface area contributed by atoms with Gasteiger partial charge in [-0.2, -0.15) is 13.9 Å². The van der Waals surface area contributed by atoms with Crippen LogP contribution in [0.1, 0.15) is 16.1 Å². The number of hydrogen-bond acceptors (Lipinski definition) is 4. The van der Waals surface area contributed by atoms with Crippen molar-refractivity contribution < 1.29 is 23.4 Å². The third-order valence-corrected chi connectivity index (χ3v) is 2.63. The van der Waals surface area contributed by atoms with Gasteiger partial charge in [0.05, 0.1) is 0 Å². The summed E-state index contributed by atoms with van der Waals surface area (Å²) in [5.74, 6) is -1.68. The van der Waals surface area contributed by atoms with Gasteiger partial charge in [-0.1, -0.05) is 12.1 Å². The molecule has 0 radical (unpaired) electrons. The number of rotatable bonds is 4. The van der Waals surface area contributed by atoms with Gasteiger partial charge in [-0.15, -0.1) is 0 Å². The molecule has 0 aliphatic carbocycles. The lowest BCUT2D eigenvalue weighted by molar-refractivity contribution is -0.0499. The highest BCUT2D eigenvalue weighted by Gasteiger charge is 2.17. The van der Waals surface area contributed by atoms with E-state index in [-0.39, 0.29) is 17.0 Å². The molecule has 8 heteroatoms. The van der Waals surface area contributed by atoms with Crippen molar-refractivity contribution in [3.8, 4) is 11.4 Å². The van der Waals surface area contributed by atoms with Crippen LogP contribution >= 0.6 is 0 Å². The Bertz CT molecular complexity index is 743. The van der Waals surface area contributed by atoms with Crippen molar-refractivity contribution in [3.05, 3.63) is 51.9 Å². The Morgan fingerprint density at radius 1 is 1.38 bits per heavy atom. The van der Waals surface area contributed by atoms with Crippen LogP contribution in [0.5, 0.6) is 5.75 Å². The second kappa shape index (κ2) is 5.70. The minimum absolute atomic E-state index is 0.100. The molecule has 6 nitrogen and oxygen atoms in total. The maximum Gasteiger partial charge on any atom is 0.387 e. The van der Waals surface area contributed by atoms with Crippen LogP contribution in [0.25, 0.3) is 5.69 Å². The summed E-state index contributed by atoms with van der Waals surface area (Å²) in [4.78, 5) is 22.6. The molecule has 0 amide bonds. The zero-order valence-electron chi connectivity index (χ0n) is 10.8. The summed E-state index contributed by atoms with van der Waals surface area (Å²) in [6.45, 7) is -1.63. The Hall–Kier alpha value is -2.77. The summed E-state index contributed by atoms with van der Waals surface area (Å²) in [6, 6.07) is 5.73. The molecule has 0 bridgehead atoms. The average Bonchev–Trinajstić information content (AvgIpc) is 2.41. The third kappa shape index (κ3) is 3.04. The number of carboxylic acid groups (broad SMARTS) is 1. The highest BCUT2D eigenvalue weighted by atomic mass is 19.3. The summed E-state index contributed by atoms with van der Waals surface area (Å²) in [5.41, 5.74) is -1.20. The molecule has 0 unspecified atom stereocenters. The number of carboxylic acids is 1. The molecule has 1 aromatic carbocycles. The van der Waals surface area contributed by atoms with Gasteiger partial charge in [0.25, 0.3) is 0 Å². The lowest BCUT2D eigenvalue weighted by Gasteiger charge is -2.12. The van der Waals surface area contributed by atoms with E-state index in [0.717, 1.165) is 4.68 Å². The van der Waals surface area contributed by atoms with E-state index in [9.17, 15) is 18.4 Å². The zero-order chi connectivity index (χ0) is 15.6. The monoisotopic (exact) mass is 296 g/mol. The standard InChI is InChI=1S/C13H10F2N2O4/c1-7-6-17(16-10(11(7)18)12(19)20)8-4-2-3-5-9(8)21-13(14)15/h2-6,13H,1H3,(H,19,20). The molecule has 2 rings (SSSR count). The molecule has 110 valence electrons. The molecule has 0 saturated carbocycles. The molecule has 0 saturated heterocycles. The van der Waals surface area contributed by atoms with Crippen LogP contribution in [0.4, 0.5) is 8.78 Å². The second-order valence-corrected chi connectivity index (χ2v) is 4.09. The Morgan fingerprint density at radius 2 is 2.05 bits per heavy atom. The van der Waals surface area contributed by atoms with Crippen LogP contribution in [0.2, 0.25) is 0 Å². The minimum Gasteiger partial charge on any atom is -0.476 e. The normalized spacial score (nSPS) is 10.7. The van der Waals surface area contributed by atoms with E-state index in [0.29, 0.717) is 0 Å². The van der Waals surface area contributed by atoms with Gasteiger partial charge in [-0.3, -0.25) is 4.79 Å². The van der Waals surface area contributed by atoms with Crippen molar-refractivity contribution in [1.29, 1.82) is 0 Å². The van der Waals surface area contributed by atoms with E-state index >= 15 is 0 Å². The number of aromatic carboxylic acids is 1. The molecule has 2 aromatic rings. The fourth-order valence-electron chi connectivity index (χ4n) is 1.72. The first-order valence-electron chi connectivity index (χ1n) is 5.78. The van der Waals surface area contributed by atoms with Crippen LogP contribution in [-0.4, -0.2) is 27.5 Å². The van der Waals surface area contributed by atoms with Crippen molar-refractivity contribution in [1.82, 2.24) is 9.78 Å². The Labute approximate surface area is 117 Å². The van der Waals surface area contributed by atoms with Crippen molar-refractivity contribution >= 4 is 5.97 Å². The Kier molecular flexibility index (Phi) is 3.97. The largest absolute Gasteiger partial charge is 0.476 e. The van der Waals surface area contributed by atoms with E-state index < -0.39 is 23.7 Å². The van der Waals surface area contributed by atoms with Gasteiger partial charge in [0.15, 0.2) is 5.75 Å². The lowest BCUT2D eigenvalue weighted by Crippen LogP contribution is -2.23. The van der Waals surface area contributed by atoms with Gasteiger partial charge in [0.1, 0.15) is 5.69 Å². The number of carbonyl (C=O) groups is 1. The highest BCUT2D eigenvalue weighted by Crippen LogP contribution is 2.23. The summed E-state index contributed by atoms with van der Waals surface area (Å²) in [5, 5.41) is 12.6. The molecule has 0 atom stereocenters. The Balaban J connectivity index is 2.63. The fourth-order valence-corrected chi connectivity index (χ4v) is 1.72. The van der Waals surface area contributed by atoms with Gasteiger partial charge in [0.2, 0.25) is 11.1 Å². The first kappa shape index (κ1) is 14.6. The first-order chi connectivity index (χ1) is 9.90. The molecular formula is C13H10F2N2O4. The molecule has 0 aliphatic rings. The van der Waals surface area contributed by atoms with Gasteiger partial charge in [0, 0.05) is 11.8 Å². The zero-order valence-corrected chi connectivity index (χ0v) is 10.8. The summed E-state index contributed by atoms with van der Waals surface area (Å²) >= 11 is 0.